The van der Waals surface area contributed by atoms with Gasteiger partial charge in [0.2, 0.25) is 0 Å². The minimum absolute atomic E-state index is 0.0594. The van der Waals surface area contributed by atoms with Crippen LogP contribution in [0.15, 0.2) is 59.5 Å². The lowest BCUT2D eigenvalue weighted by Gasteiger charge is -2.38. The number of hydrogen-bond donors (Lipinski definition) is 0. The fourth-order valence-electron chi connectivity index (χ4n) is 5.63. The van der Waals surface area contributed by atoms with E-state index in [9.17, 15) is 22.8 Å². The standard InChI is InChI=1S/C31H23ClF5N3O2/c1-15-12-38-27(19-4-3-5-20(25(19)34)29(41)39-13-31(36,37)14-39)26(35)28(15)40-16(2)10-23(24(32)30(40)42)22-11-21(22)17-6-8-18(33)9-7-17/h3-10,12,21-22H,11,13-14H2,1-2H3/t21-,22+/m1/s1. The monoisotopic (exact) mass is 599 g/mol. The van der Waals surface area contributed by atoms with Crippen molar-refractivity contribution < 1.29 is 26.7 Å². The van der Waals surface area contributed by atoms with Gasteiger partial charge in [-0.05, 0) is 79.1 Å². The number of likely N-dealkylation sites (tertiary alicyclic amines) is 1. The average molecular weight is 600 g/mol. The highest BCUT2D eigenvalue weighted by Crippen LogP contribution is 2.56. The second kappa shape index (κ2) is 10.0. The second-order valence-electron chi connectivity index (χ2n) is 10.8. The summed E-state index contributed by atoms with van der Waals surface area (Å²) in [5.74, 6) is -6.46. The molecule has 42 heavy (non-hydrogen) atoms. The smallest absolute Gasteiger partial charge is 0.282 e. The number of nitrogens with zero attached hydrogens (tertiary/aromatic N) is 3. The third kappa shape index (κ3) is 4.67. The summed E-state index contributed by atoms with van der Waals surface area (Å²) in [6.45, 7) is 1.50. The number of pyridine rings is 2. The van der Waals surface area contributed by atoms with Crippen LogP contribution in [0.1, 0.15) is 51.0 Å². The first-order valence-corrected chi connectivity index (χ1v) is 13.5. The number of aromatic nitrogens is 2. The van der Waals surface area contributed by atoms with Crippen LogP contribution in [0.5, 0.6) is 0 Å². The van der Waals surface area contributed by atoms with Gasteiger partial charge in [-0.2, -0.15) is 0 Å². The fourth-order valence-corrected chi connectivity index (χ4v) is 5.91. The lowest BCUT2D eigenvalue weighted by Crippen LogP contribution is -2.58. The van der Waals surface area contributed by atoms with Gasteiger partial charge in [0.15, 0.2) is 5.82 Å². The Hall–Kier alpha value is -4.05. The number of benzene rings is 2. The minimum atomic E-state index is -3.04. The molecule has 1 aliphatic heterocycles. The molecule has 1 amide bonds. The lowest BCUT2D eigenvalue weighted by molar-refractivity contribution is -0.113. The van der Waals surface area contributed by atoms with Gasteiger partial charge in [0.05, 0.1) is 24.3 Å². The van der Waals surface area contributed by atoms with Crippen molar-refractivity contribution in [3.63, 3.8) is 0 Å². The van der Waals surface area contributed by atoms with Crippen LogP contribution in [0.3, 0.4) is 0 Å². The molecule has 5 nitrogen and oxygen atoms in total. The Morgan fingerprint density at radius 2 is 1.69 bits per heavy atom. The van der Waals surface area contributed by atoms with E-state index in [-0.39, 0.29) is 39.5 Å². The molecule has 0 spiro atoms. The van der Waals surface area contributed by atoms with Crippen molar-refractivity contribution in [2.45, 2.75) is 38.0 Å². The first kappa shape index (κ1) is 28.1. The Balaban J connectivity index is 1.38. The van der Waals surface area contributed by atoms with Crippen LogP contribution in [0.25, 0.3) is 16.9 Å². The molecule has 2 atom stereocenters. The van der Waals surface area contributed by atoms with Gasteiger partial charge in [-0.25, -0.2) is 22.0 Å². The molecule has 216 valence electrons. The zero-order valence-corrected chi connectivity index (χ0v) is 23.2. The van der Waals surface area contributed by atoms with Gasteiger partial charge >= 0.3 is 0 Å². The number of hydrogen-bond acceptors (Lipinski definition) is 3. The van der Waals surface area contributed by atoms with Crippen LogP contribution in [-0.4, -0.2) is 39.4 Å². The molecule has 1 saturated heterocycles. The number of carbonyl (C=O) groups excluding carboxylic acids is 1. The van der Waals surface area contributed by atoms with E-state index in [2.05, 4.69) is 4.98 Å². The van der Waals surface area contributed by atoms with Crippen LogP contribution >= 0.6 is 11.6 Å². The Morgan fingerprint density at radius 1 is 1.00 bits per heavy atom. The van der Waals surface area contributed by atoms with Gasteiger partial charge in [-0.1, -0.05) is 29.8 Å². The van der Waals surface area contributed by atoms with E-state index < -0.39 is 53.4 Å². The summed E-state index contributed by atoms with van der Waals surface area (Å²) in [6.07, 6.45) is 1.99. The van der Waals surface area contributed by atoms with E-state index in [1.807, 2.05) is 0 Å². The lowest BCUT2D eigenvalue weighted by atomic mass is 10.0. The van der Waals surface area contributed by atoms with E-state index in [0.717, 1.165) is 21.1 Å². The molecule has 2 aromatic heterocycles. The molecule has 0 bridgehead atoms. The quantitative estimate of drug-likeness (QED) is 0.233. The number of aryl methyl sites for hydroxylation is 2. The highest BCUT2D eigenvalue weighted by molar-refractivity contribution is 6.31. The van der Waals surface area contributed by atoms with Crippen LogP contribution < -0.4 is 5.56 Å². The van der Waals surface area contributed by atoms with Crippen LogP contribution in [0.2, 0.25) is 5.02 Å². The van der Waals surface area contributed by atoms with Gasteiger partial charge in [-0.3, -0.25) is 19.1 Å². The normalized spacial score (nSPS) is 19.0. The Bertz CT molecular complexity index is 1820. The van der Waals surface area contributed by atoms with Gasteiger partial charge in [0.1, 0.15) is 22.4 Å². The highest BCUT2D eigenvalue weighted by Gasteiger charge is 2.47. The van der Waals surface area contributed by atoms with E-state index in [1.165, 1.54) is 37.4 Å². The summed E-state index contributed by atoms with van der Waals surface area (Å²) >= 11 is 6.56. The first-order valence-electron chi connectivity index (χ1n) is 13.2. The Kier molecular flexibility index (Phi) is 6.72. The van der Waals surface area contributed by atoms with Crippen molar-refractivity contribution in [2.24, 2.45) is 0 Å². The third-order valence-electron chi connectivity index (χ3n) is 7.87. The molecule has 2 aliphatic rings. The predicted octanol–water partition coefficient (Wildman–Crippen LogP) is 6.95. The SMILES string of the molecule is Cc1cnc(-c2cccc(C(=O)N3CC(F)(F)C3)c2F)c(F)c1-n1c(C)cc([C@H]2C[C@@H]2c2ccc(F)cc2)c(Cl)c1=O. The fraction of sp³-hybridized carbons (Fsp3) is 0.258. The van der Waals surface area contributed by atoms with Crippen molar-refractivity contribution in [1.82, 2.24) is 14.5 Å². The molecule has 11 heteroatoms. The van der Waals surface area contributed by atoms with E-state index >= 15 is 8.78 Å². The average Bonchev–Trinajstić information content (AvgIpc) is 3.72. The number of alkyl halides is 2. The molecule has 2 fully saturated rings. The Labute approximate surface area is 242 Å². The predicted molar refractivity (Wildman–Crippen MR) is 147 cm³/mol. The molecule has 6 rings (SSSR count). The molecular weight excluding hydrogens is 577 g/mol. The largest absolute Gasteiger partial charge is 0.326 e. The van der Waals surface area contributed by atoms with Crippen LogP contribution in [0.4, 0.5) is 22.0 Å². The summed E-state index contributed by atoms with van der Waals surface area (Å²) < 4.78 is 72.8. The molecule has 0 N–H and O–H groups in total. The van der Waals surface area contributed by atoms with Crippen molar-refractivity contribution >= 4 is 17.5 Å². The van der Waals surface area contributed by atoms with E-state index in [0.29, 0.717) is 17.7 Å². The zero-order chi connectivity index (χ0) is 30.1. The maximum Gasteiger partial charge on any atom is 0.282 e. The zero-order valence-electron chi connectivity index (χ0n) is 22.4. The minimum Gasteiger partial charge on any atom is -0.326 e. The van der Waals surface area contributed by atoms with E-state index in [1.54, 1.807) is 25.1 Å². The Morgan fingerprint density at radius 3 is 2.36 bits per heavy atom. The van der Waals surface area contributed by atoms with Crippen molar-refractivity contribution in [1.29, 1.82) is 0 Å². The van der Waals surface area contributed by atoms with Crippen LogP contribution in [-0.2, 0) is 0 Å². The number of amides is 1. The molecule has 1 aliphatic carbocycles. The maximum atomic E-state index is 16.2. The van der Waals surface area contributed by atoms with Crippen molar-refractivity contribution in [3.05, 3.63) is 116 Å². The third-order valence-corrected chi connectivity index (χ3v) is 8.25. The number of carbonyl (C=O) groups is 1. The summed E-state index contributed by atoms with van der Waals surface area (Å²) in [5.41, 5.74) is 0.0209. The van der Waals surface area contributed by atoms with Gasteiger partial charge < -0.3 is 4.90 Å². The maximum absolute atomic E-state index is 16.2. The van der Waals surface area contributed by atoms with Crippen molar-refractivity contribution in [3.8, 4) is 16.9 Å². The molecule has 1 saturated carbocycles. The highest BCUT2D eigenvalue weighted by atomic mass is 35.5. The van der Waals surface area contributed by atoms with Crippen molar-refractivity contribution in [2.75, 3.05) is 13.1 Å². The molecule has 4 aromatic rings. The second-order valence-corrected chi connectivity index (χ2v) is 11.2. The molecule has 3 heterocycles. The molecule has 0 unspecified atom stereocenters. The summed E-state index contributed by atoms with van der Waals surface area (Å²) in [4.78, 5) is 31.1. The van der Waals surface area contributed by atoms with Gasteiger partial charge in [-0.15, -0.1) is 0 Å². The van der Waals surface area contributed by atoms with Gasteiger partial charge in [0.25, 0.3) is 17.4 Å². The molecule has 2 aromatic carbocycles. The summed E-state index contributed by atoms with van der Waals surface area (Å²) in [6, 6.07) is 11.5. The van der Waals surface area contributed by atoms with Gasteiger partial charge in [0, 0.05) is 17.5 Å². The van der Waals surface area contributed by atoms with E-state index in [4.69, 9.17) is 11.6 Å². The summed E-state index contributed by atoms with van der Waals surface area (Å²) in [5, 5.41) is -0.0856. The number of rotatable bonds is 5. The first-order chi connectivity index (χ1) is 19.9. The van der Waals surface area contributed by atoms with Crippen LogP contribution in [0, 0.1) is 31.3 Å². The molecular formula is C31H23ClF5N3O2. The molecule has 0 radical (unpaired) electrons. The number of halogens is 6. The summed E-state index contributed by atoms with van der Waals surface area (Å²) in [7, 11) is 0. The topological polar surface area (TPSA) is 55.2 Å².